The maximum atomic E-state index is 10.1. The van der Waals surface area contributed by atoms with E-state index < -0.39 is 0 Å². The molecule has 0 bridgehead atoms. The molecule has 0 aliphatic heterocycles. The molecule has 3 heteroatoms. The van der Waals surface area contributed by atoms with Crippen molar-refractivity contribution < 1.29 is 35.8 Å². The Labute approximate surface area is 95.8 Å². The number of ketones is 2. The molecular formula is C10H8O2Zr+3. The van der Waals surface area contributed by atoms with Gasteiger partial charge < -0.3 is 0 Å². The molecule has 0 aromatic rings. The second-order valence-corrected chi connectivity index (χ2v) is 2.24. The van der Waals surface area contributed by atoms with Gasteiger partial charge in [-0.25, -0.2) is 0 Å². The van der Waals surface area contributed by atoms with E-state index in [0.29, 0.717) is 0 Å². The standard InChI is InChI=1S/2C5H4O.Zr/c2*6-5-3-1-2-4-5;/h2*1-4H;/q;;+3. The molecule has 0 N–H and O–H groups in total. The van der Waals surface area contributed by atoms with Gasteiger partial charge in [-0.15, -0.1) is 0 Å². The van der Waals surface area contributed by atoms with Gasteiger partial charge in [0.15, 0.2) is 11.6 Å². The van der Waals surface area contributed by atoms with Gasteiger partial charge in [0.25, 0.3) is 0 Å². The maximum absolute atomic E-state index is 10.1. The summed E-state index contributed by atoms with van der Waals surface area (Å²) < 4.78 is 0. The summed E-state index contributed by atoms with van der Waals surface area (Å²) in [5.41, 5.74) is 0. The maximum Gasteiger partial charge on any atom is 3.00 e. The number of hydrogen-bond acceptors (Lipinski definition) is 2. The van der Waals surface area contributed by atoms with Gasteiger partial charge >= 0.3 is 26.2 Å². The van der Waals surface area contributed by atoms with Crippen LogP contribution in [0.1, 0.15) is 0 Å². The molecule has 13 heavy (non-hydrogen) atoms. The summed E-state index contributed by atoms with van der Waals surface area (Å²) in [6, 6.07) is 0. The predicted molar refractivity (Wildman–Crippen MR) is 46.6 cm³/mol. The molecule has 2 aliphatic carbocycles. The Balaban J connectivity index is 0.000000206. The fourth-order valence-electron chi connectivity index (χ4n) is 0.713. The fourth-order valence-corrected chi connectivity index (χ4v) is 0.713. The van der Waals surface area contributed by atoms with Crippen molar-refractivity contribution in [1.29, 1.82) is 0 Å². The van der Waals surface area contributed by atoms with E-state index in [4.69, 9.17) is 0 Å². The van der Waals surface area contributed by atoms with Crippen LogP contribution in [0.15, 0.2) is 48.6 Å². The zero-order chi connectivity index (χ0) is 8.81. The van der Waals surface area contributed by atoms with E-state index in [-0.39, 0.29) is 37.8 Å². The van der Waals surface area contributed by atoms with Gasteiger partial charge in [0.05, 0.1) is 0 Å². The number of carbonyl (C=O) groups excluding carboxylic acids is 2. The van der Waals surface area contributed by atoms with Crippen molar-refractivity contribution in [3.05, 3.63) is 48.6 Å². The topological polar surface area (TPSA) is 34.1 Å². The van der Waals surface area contributed by atoms with Crippen LogP contribution in [0.3, 0.4) is 0 Å². The molecule has 0 aromatic carbocycles. The number of carbonyl (C=O) groups is 2. The third-order valence-corrected chi connectivity index (χ3v) is 1.26. The molecule has 2 rings (SSSR count). The third-order valence-electron chi connectivity index (χ3n) is 1.26. The van der Waals surface area contributed by atoms with Gasteiger partial charge in [-0.3, -0.25) is 9.59 Å². The summed E-state index contributed by atoms with van der Waals surface area (Å²) >= 11 is 0. The first kappa shape index (κ1) is 12.2. The van der Waals surface area contributed by atoms with E-state index in [0.717, 1.165) is 0 Å². The van der Waals surface area contributed by atoms with Crippen LogP contribution in [0.2, 0.25) is 0 Å². The summed E-state index contributed by atoms with van der Waals surface area (Å²) in [6.07, 6.45) is 13.0. The minimum atomic E-state index is 0. The zero-order valence-corrected chi connectivity index (χ0v) is 9.39. The number of rotatable bonds is 0. The first-order chi connectivity index (χ1) is 5.79. The first-order valence-corrected chi connectivity index (χ1v) is 3.56. The molecule has 0 fully saturated rings. The molecule has 0 spiro atoms. The van der Waals surface area contributed by atoms with Gasteiger partial charge in [0.2, 0.25) is 0 Å². The second-order valence-electron chi connectivity index (χ2n) is 2.24. The SMILES string of the molecule is O=C1C=CC=C1.O=C1C=CC=C1.[Zr+3]. The minimum Gasteiger partial charge on any atom is -0.290 e. The van der Waals surface area contributed by atoms with Crippen molar-refractivity contribution in [2.24, 2.45) is 0 Å². The molecule has 2 aliphatic rings. The summed E-state index contributed by atoms with van der Waals surface area (Å²) in [7, 11) is 0. The van der Waals surface area contributed by atoms with Crippen LogP contribution in [0.5, 0.6) is 0 Å². The van der Waals surface area contributed by atoms with Gasteiger partial charge in [-0.1, -0.05) is 24.3 Å². The van der Waals surface area contributed by atoms with Crippen molar-refractivity contribution >= 4 is 11.6 Å². The fraction of sp³-hybridized carbons (Fsp3) is 0. The monoisotopic (exact) mass is 250 g/mol. The molecule has 2 nitrogen and oxygen atoms in total. The van der Waals surface area contributed by atoms with Crippen molar-refractivity contribution in [3.8, 4) is 0 Å². The van der Waals surface area contributed by atoms with Crippen LogP contribution in [0, 0.1) is 0 Å². The van der Waals surface area contributed by atoms with Gasteiger partial charge in [0.1, 0.15) is 0 Å². The van der Waals surface area contributed by atoms with E-state index in [2.05, 4.69) is 0 Å². The summed E-state index contributed by atoms with van der Waals surface area (Å²) in [5, 5.41) is 0. The molecule has 0 saturated heterocycles. The van der Waals surface area contributed by atoms with E-state index in [9.17, 15) is 9.59 Å². The molecule has 0 saturated carbocycles. The Bertz CT molecular complexity index is 249. The Morgan fingerprint density at radius 2 is 0.846 bits per heavy atom. The third kappa shape index (κ3) is 5.43. The number of allylic oxidation sites excluding steroid dienone is 8. The van der Waals surface area contributed by atoms with E-state index in [1.807, 2.05) is 0 Å². The Hall–Kier alpha value is -0.817. The molecule has 0 amide bonds. The average molecular weight is 251 g/mol. The van der Waals surface area contributed by atoms with Crippen LogP contribution >= 0.6 is 0 Å². The quantitative estimate of drug-likeness (QED) is 0.651. The van der Waals surface area contributed by atoms with Crippen LogP contribution in [-0.2, 0) is 35.8 Å². The molecule has 0 atom stereocenters. The first-order valence-electron chi connectivity index (χ1n) is 3.56. The van der Waals surface area contributed by atoms with Gasteiger partial charge in [-0.2, -0.15) is 0 Å². The molecule has 0 unspecified atom stereocenters. The van der Waals surface area contributed by atoms with Crippen molar-refractivity contribution in [2.45, 2.75) is 0 Å². The van der Waals surface area contributed by atoms with E-state index in [1.54, 1.807) is 24.3 Å². The number of hydrogen-bond donors (Lipinski definition) is 0. The smallest absolute Gasteiger partial charge is 0.290 e. The Morgan fingerprint density at radius 1 is 0.615 bits per heavy atom. The Morgan fingerprint density at radius 3 is 0.923 bits per heavy atom. The predicted octanol–water partition coefficient (Wildman–Crippen LogP) is 1.36. The summed E-state index contributed by atoms with van der Waals surface area (Å²) in [4.78, 5) is 20.1. The molecular weight excluding hydrogens is 243 g/mol. The molecule has 0 aromatic heterocycles. The molecule has 1 radical (unpaired) electrons. The second kappa shape index (κ2) is 6.67. The van der Waals surface area contributed by atoms with Crippen LogP contribution < -0.4 is 0 Å². The average Bonchev–Trinajstić information content (AvgIpc) is 2.63. The van der Waals surface area contributed by atoms with Crippen molar-refractivity contribution in [1.82, 2.24) is 0 Å². The van der Waals surface area contributed by atoms with Gasteiger partial charge in [0, 0.05) is 0 Å². The van der Waals surface area contributed by atoms with Gasteiger partial charge in [-0.05, 0) is 24.3 Å². The van der Waals surface area contributed by atoms with Crippen molar-refractivity contribution in [2.75, 3.05) is 0 Å². The summed E-state index contributed by atoms with van der Waals surface area (Å²) in [5.74, 6) is 0.185. The summed E-state index contributed by atoms with van der Waals surface area (Å²) in [6.45, 7) is 0. The largest absolute Gasteiger partial charge is 3.00 e. The molecule has 61 valence electrons. The van der Waals surface area contributed by atoms with Crippen LogP contribution in [0.25, 0.3) is 0 Å². The van der Waals surface area contributed by atoms with Crippen LogP contribution in [-0.4, -0.2) is 11.6 Å². The van der Waals surface area contributed by atoms with E-state index in [1.165, 1.54) is 24.3 Å². The van der Waals surface area contributed by atoms with Crippen LogP contribution in [0.4, 0.5) is 0 Å². The van der Waals surface area contributed by atoms with E-state index >= 15 is 0 Å². The molecule has 0 heterocycles. The van der Waals surface area contributed by atoms with Crippen molar-refractivity contribution in [3.63, 3.8) is 0 Å². The Kier molecular flexibility index (Phi) is 6.25. The minimum absolute atomic E-state index is 0. The normalized spacial score (nSPS) is 15.7. The zero-order valence-electron chi connectivity index (χ0n) is 6.94.